The molecule has 1 heterocycles. The number of H-pyrrole nitrogens is 1. The Morgan fingerprint density at radius 1 is 1.20 bits per heavy atom. The van der Waals surface area contributed by atoms with E-state index in [1.165, 1.54) is 22.4 Å². The number of nitrogens with one attached hydrogen (secondary N) is 1. The van der Waals surface area contributed by atoms with Crippen LogP contribution in [0.15, 0.2) is 30.7 Å². The van der Waals surface area contributed by atoms with Crippen LogP contribution in [-0.4, -0.2) is 9.97 Å². The van der Waals surface area contributed by atoms with E-state index in [1.807, 2.05) is 6.20 Å². The van der Waals surface area contributed by atoms with E-state index in [0.717, 1.165) is 6.42 Å². The zero-order valence-corrected chi connectivity index (χ0v) is 9.77. The van der Waals surface area contributed by atoms with Gasteiger partial charge >= 0.3 is 0 Å². The lowest BCUT2D eigenvalue weighted by Crippen LogP contribution is -1.95. The lowest BCUT2D eigenvalue weighted by atomic mass is 9.99. The van der Waals surface area contributed by atoms with Crippen molar-refractivity contribution in [3.05, 3.63) is 53.1 Å². The van der Waals surface area contributed by atoms with Crippen LogP contribution in [-0.2, 0) is 6.42 Å². The number of hydrogen-bond donors (Lipinski definition) is 1. The van der Waals surface area contributed by atoms with Gasteiger partial charge in [-0.2, -0.15) is 0 Å². The lowest BCUT2D eigenvalue weighted by molar-refractivity contribution is 1.07. The Hall–Kier alpha value is -1.28. The van der Waals surface area contributed by atoms with Gasteiger partial charge in [0.2, 0.25) is 0 Å². The van der Waals surface area contributed by atoms with E-state index < -0.39 is 0 Å². The molecule has 0 bridgehead atoms. The van der Waals surface area contributed by atoms with Gasteiger partial charge in [-0.25, -0.2) is 4.98 Å². The molecule has 80 valence electrons. The Bertz CT molecular complexity index is 401. The molecule has 0 aliphatic rings. The van der Waals surface area contributed by atoms with E-state index in [0.29, 0.717) is 0 Å². The van der Waals surface area contributed by atoms with Crippen molar-refractivity contribution in [3.63, 3.8) is 0 Å². The predicted molar refractivity (Wildman–Crippen MR) is 64.6 cm³/mol. The molecule has 0 saturated heterocycles. The van der Waals surface area contributed by atoms with E-state index in [4.69, 9.17) is 0 Å². The van der Waals surface area contributed by atoms with E-state index in [2.05, 4.69) is 42.0 Å². The largest absolute Gasteiger partial charge is 0.348 e. The maximum atomic E-state index is 4.02. The van der Waals surface area contributed by atoms with Gasteiger partial charge in [-0.1, -0.05) is 18.2 Å². The van der Waals surface area contributed by atoms with Crippen LogP contribution in [0.2, 0.25) is 0 Å². The number of benzene rings is 1. The van der Waals surface area contributed by atoms with Crippen LogP contribution in [0.5, 0.6) is 0 Å². The van der Waals surface area contributed by atoms with Gasteiger partial charge < -0.3 is 4.98 Å². The van der Waals surface area contributed by atoms with Crippen LogP contribution < -0.4 is 0 Å². The zero-order valence-electron chi connectivity index (χ0n) is 8.95. The van der Waals surface area contributed by atoms with Gasteiger partial charge in [-0.3, -0.25) is 0 Å². The molecule has 0 radical (unpaired) electrons. The highest BCUT2D eigenvalue weighted by molar-refractivity contribution is 5.85. The summed E-state index contributed by atoms with van der Waals surface area (Å²) in [6.07, 6.45) is 4.55. The normalized spacial score (nSPS) is 9.73. The highest BCUT2D eigenvalue weighted by atomic mass is 35.5. The summed E-state index contributed by atoms with van der Waals surface area (Å²) in [5.41, 5.74) is 5.26. The standard InChI is InChI=1S/C12H14N2.ClH/c1-9-4-3-5-10(2)12(9)6-11-7-13-8-14-11;/h3-5,7-8H,6H2,1-2H3,(H,13,14);1H. The van der Waals surface area contributed by atoms with Crippen LogP contribution in [0.1, 0.15) is 22.4 Å². The molecule has 0 spiro atoms. The maximum absolute atomic E-state index is 4.02. The summed E-state index contributed by atoms with van der Waals surface area (Å²) in [4.78, 5) is 7.15. The number of aryl methyl sites for hydroxylation is 2. The molecular weight excluding hydrogens is 208 g/mol. The van der Waals surface area contributed by atoms with E-state index in [9.17, 15) is 0 Å². The summed E-state index contributed by atoms with van der Waals surface area (Å²) >= 11 is 0. The molecule has 0 unspecified atom stereocenters. The van der Waals surface area contributed by atoms with Gasteiger partial charge in [0.05, 0.1) is 6.33 Å². The zero-order chi connectivity index (χ0) is 9.97. The van der Waals surface area contributed by atoms with E-state index >= 15 is 0 Å². The summed E-state index contributed by atoms with van der Waals surface area (Å²) in [5, 5.41) is 0. The molecule has 15 heavy (non-hydrogen) atoms. The molecule has 2 aromatic rings. The molecule has 1 aromatic carbocycles. The van der Waals surface area contributed by atoms with E-state index in [1.54, 1.807) is 6.33 Å². The van der Waals surface area contributed by atoms with Crippen molar-refractivity contribution in [3.8, 4) is 0 Å². The highest BCUT2D eigenvalue weighted by Gasteiger charge is 2.03. The fourth-order valence-corrected chi connectivity index (χ4v) is 1.70. The van der Waals surface area contributed by atoms with Crippen LogP contribution >= 0.6 is 12.4 Å². The summed E-state index contributed by atoms with van der Waals surface area (Å²) in [6.45, 7) is 4.30. The molecule has 1 N–H and O–H groups in total. The Morgan fingerprint density at radius 3 is 2.40 bits per heavy atom. The first-order chi connectivity index (χ1) is 6.77. The van der Waals surface area contributed by atoms with Crippen LogP contribution in [0.25, 0.3) is 0 Å². The summed E-state index contributed by atoms with van der Waals surface area (Å²) < 4.78 is 0. The monoisotopic (exact) mass is 222 g/mol. The van der Waals surface area contributed by atoms with Crippen molar-refractivity contribution < 1.29 is 0 Å². The molecule has 2 nitrogen and oxygen atoms in total. The summed E-state index contributed by atoms with van der Waals surface area (Å²) in [7, 11) is 0. The summed E-state index contributed by atoms with van der Waals surface area (Å²) in [6, 6.07) is 6.40. The number of rotatable bonds is 2. The number of aromatic amines is 1. The molecule has 0 aliphatic carbocycles. The van der Waals surface area contributed by atoms with Crippen LogP contribution in [0, 0.1) is 13.8 Å². The van der Waals surface area contributed by atoms with Gasteiger partial charge in [0.15, 0.2) is 0 Å². The Morgan fingerprint density at radius 2 is 1.87 bits per heavy atom. The predicted octanol–water partition coefficient (Wildman–Crippen LogP) is 3.04. The smallest absolute Gasteiger partial charge is 0.0921 e. The van der Waals surface area contributed by atoms with Gasteiger partial charge in [0.25, 0.3) is 0 Å². The van der Waals surface area contributed by atoms with Gasteiger partial charge in [0, 0.05) is 18.3 Å². The number of aromatic nitrogens is 2. The highest BCUT2D eigenvalue weighted by Crippen LogP contribution is 2.16. The third kappa shape index (κ3) is 2.60. The maximum Gasteiger partial charge on any atom is 0.0921 e. The molecule has 0 amide bonds. The van der Waals surface area contributed by atoms with Crippen molar-refractivity contribution in [2.45, 2.75) is 20.3 Å². The molecule has 0 saturated carbocycles. The lowest BCUT2D eigenvalue weighted by Gasteiger charge is -2.07. The topological polar surface area (TPSA) is 28.7 Å². The van der Waals surface area contributed by atoms with Crippen molar-refractivity contribution in [1.82, 2.24) is 9.97 Å². The Kier molecular flexibility index (Phi) is 3.92. The first-order valence-electron chi connectivity index (χ1n) is 4.79. The number of nitrogens with zero attached hydrogens (tertiary/aromatic N) is 1. The molecule has 0 atom stereocenters. The second kappa shape index (κ2) is 4.99. The van der Waals surface area contributed by atoms with Gasteiger partial charge in [-0.15, -0.1) is 12.4 Å². The fourth-order valence-electron chi connectivity index (χ4n) is 1.70. The molecule has 0 fully saturated rings. The minimum atomic E-state index is 0. The minimum Gasteiger partial charge on any atom is -0.348 e. The average molecular weight is 223 g/mol. The van der Waals surface area contributed by atoms with E-state index in [-0.39, 0.29) is 12.4 Å². The molecule has 1 aromatic heterocycles. The van der Waals surface area contributed by atoms with Crippen molar-refractivity contribution in [2.24, 2.45) is 0 Å². The molecule has 3 heteroatoms. The SMILES string of the molecule is Cc1cccc(C)c1Cc1cnc[nH]1.Cl. The second-order valence-corrected chi connectivity index (χ2v) is 3.62. The molecule has 0 aliphatic heterocycles. The number of halogens is 1. The molecule has 2 rings (SSSR count). The fraction of sp³-hybridized carbons (Fsp3) is 0.250. The Balaban J connectivity index is 0.00000112. The Labute approximate surface area is 96.2 Å². The first-order valence-corrected chi connectivity index (χ1v) is 4.79. The van der Waals surface area contributed by atoms with Gasteiger partial charge in [-0.05, 0) is 30.5 Å². The number of hydrogen-bond acceptors (Lipinski definition) is 1. The minimum absolute atomic E-state index is 0. The third-order valence-corrected chi connectivity index (χ3v) is 2.57. The van der Waals surface area contributed by atoms with Crippen molar-refractivity contribution in [2.75, 3.05) is 0 Å². The van der Waals surface area contributed by atoms with Crippen LogP contribution in [0.3, 0.4) is 0 Å². The summed E-state index contributed by atoms with van der Waals surface area (Å²) in [5.74, 6) is 0. The average Bonchev–Trinajstić information content (AvgIpc) is 2.64. The van der Waals surface area contributed by atoms with Crippen LogP contribution in [0.4, 0.5) is 0 Å². The van der Waals surface area contributed by atoms with Crippen molar-refractivity contribution >= 4 is 12.4 Å². The number of imidazole rings is 1. The van der Waals surface area contributed by atoms with Crippen molar-refractivity contribution in [1.29, 1.82) is 0 Å². The molecular formula is C12H15ClN2. The quantitative estimate of drug-likeness (QED) is 0.832. The first kappa shape index (κ1) is 11.8. The second-order valence-electron chi connectivity index (χ2n) is 3.62. The third-order valence-electron chi connectivity index (χ3n) is 2.57. The van der Waals surface area contributed by atoms with Gasteiger partial charge in [0.1, 0.15) is 0 Å².